The SMILES string of the molecule is CCCCCC1C[C@]2(C)C(O)CC[C@H]2C2(C=O)CCc3cc(OC)ccc3[C@@H]12. The Morgan fingerprint density at radius 1 is 1.29 bits per heavy atom. The van der Waals surface area contributed by atoms with E-state index in [1.54, 1.807) is 7.11 Å². The zero-order chi connectivity index (χ0) is 19.9. The Labute approximate surface area is 169 Å². The maximum atomic E-state index is 12.8. The van der Waals surface area contributed by atoms with Crippen molar-refractivity contribution in [1.29, 1.82) is 0 Å². The van der Waals surface area contributed by atoms with Gasteiger partial charge in [-0.25, -0.2) is 0 Å². The highest BCUT2D eigenvalue weighted by Gasteiger charge is 2.64. The number of carbonyl (C=O) groups excluding carboxylic acids is 1. The summed E-state index contributed by atoms with van der Waals surface area (Å²) in [6.07, 6.45) is 10.6. The number of aliphatic hydroxyl groups excluding tert-OH is 1. The van der Waals surface area contributed by atoms with E-state index in [1.165, 1.54) is 36.7 Å². The van der Waals surface area contributed by atoms with Gasteiger partial charge in [-0.1, -0.05) is 39.2 Å². The summed E-state index contributed by atoms with van der Waals surface area (Å²) in [5.41, 5.74) is 2.31. The van der Waals surface area contributed by atoms with Crippen molar-refractivity contribution in [2.45, 2.75) is 83.7 Å². The molecule has 3 nitrogen and oxygen atoms in total. The van der Waals surface area contributed by atoms with Crippen molar-refractivity contribution in [3.05, 3.63) is 29.3 Å². The van der Waals surface area contributed by atoms with Crippen LogP contribution in [-0.4, -0.2) is 24.6 Å². The second kappa shape index (κ2) is 7.48. The lowest BCUT2D eigenvalue weighted by Crippen LogP contribution is -2.55. The maximum Gasteiger partial charge on any atom is 0.127 e. The molecule has 1 N–H and O–H groups in total. The molecule has 6 atom stereocenters. The number of rotatable bonds is 6. The average molecular weight is 385 g/mol. The first-order valence-electron chi connectivity index (χ1n) is 11.3. The van der Waals surface area contributed by atoms with Crippen LogP contribution >= 0.6 is 0 Å². The van der Waals surface area contributed by atoms with Crippen molar-refractivity contribution >= 4 is 6.29 Å². The van der Waals surface area contributed by atoms with Gasteiger partial charge in [0.15, 0.2) is 0 Å². The van der Waals surface area contributed by atoms with Crippen LogP contribution in [0, 0.1) is 22.7 Å². The average Bonchev–Trinajstić information content (AvgIpc) is 3.02. The molecule has 1 aromatic carbocycles. The molecule has 3 heteroatoms. The normalized spacial score (nSPS) is 39.0. The van der Waals surface area contributed by atoms with E-state index in [-0.39, 0.29) is 16.9 Å². The molecule has 0 radical (unpaired) electrons. The Kier molecular flexibility index (Phi) is 5.33. The molecule has 0 aliphatic heterocycles. The molecule has 0 spiro atoms. The topological polar surface area (TPSA) is 46.5 Å². The van der Waals surface area contributed by atoms with E-state index in [9.17, 15) is 9.90 Å². The quantitative estimate of drug-likeness (QED) is 0.535. The van der Waals surface area contributed by atoms with Crippen LogP contribution in [0.1, 0.15) is 82.3 Å². The van der Waals surface area contributed by atoms with E-state index in [0.29, 0.717) is 17.8 Å². The van der Waals surface area contributed by atoms with E-state index in [2.05, 4.69) is 32.0 Å². The molecular weight excluding hydrogens is 348 g/mol. The van der Waals surface area contributed by atoms with E-state index >= 15 is 0 Å². The van der Waals surface area contributed by atoms with Crippen LogP contribution in [0.2, 0.25) is 0 Å². The number of aldehydes is 1. The highest BCUT2D eigenvalue weighted by atomic mass is 16.5. The Balaban J connectivity index is 1.80. The summed E-state index contributed by atoms with van der Waals surface area (Å²) >= 11 is 0. The van der Waals surface area contributed by atoms with Gasteiger partial charge in [0.05, 0.1) is 13.2 Å². The standard InChI is InChI=1S/C25H36O3/c1-4-5-6-7-18-15-24(2)21(10-11-22(24)27)25(16-26)13-12-17-14-19(28-3)8-9-20(17)23(18)25/h8-9,14,16,18,21-23,27H,4-7,10-13,15H2,1-3H3/t18?,21-,22?,23-,24+,25?/m1/s1. The third kappa shape index (κ3) is 2.84. The molecule has 3 aliphatic carbocycles. The molecule has 0 aromatic heterocycles. The molecule has 0 saturated heterocycles. The maximum absolute atomic E-state index is 12.8. The van der Waals surface area contributed by atoms with Crippen LogP contribution < -0.4 is 4.74 Å². The minimum absolute atomic E-state index is 0.113. The van der Waals surface area contributed by atoms with Crippen LogP contribution in [0.5, 0.6) is 5.75 Å². The fourth-order valence-electron chi connectivity index (χ4n) is 7.31. The molecule has 28 heavy (non-hydrogen) atoms. The largest absolute Gasteiger partial charge is 0.497 e. The van der Waals surface area contributed by atoms with Gasteiger partial charge >= 0.3 is 0 Å². The second-order valence-corrected chi connectivity index (χ2v) is 9.88. The van der Waals surface area contributed by atoms with Gasteiger partial charge in [-0.15, -0.1) is 0 Å². The third-order valence-corrected chi connectivity index (χ3v) is 8.60. The van der Waals surface area contributed by atoms with E-state index in [1.807, 2.05) is 0 Å². The predicted molar refractivity (Wildman–Crippen MR) is 112 cm³/mol. The molecule has 3 unspecified atom stereocenters. The molecule has 2 saturated carbocycles. The van der Waals surface area contributed by atoms with Crippen LogP contribution in [0.4, 0.5) is 0 Å². The number of fused-ring (bicyclic) bond motifs is 5. The van der Waals surface area contributed by atoms with E-state index in [4.69, 9.17) is 4.74 Å². The highest BCUT2D eigenvalue weighted by Crippen LogP contribution is 2.68. The third-order valence-electron chi connectivity index (χ3n) is 8.60. The summed E-state index contributed by atoms with van der Waals surface area (Å²) < 4.78 is 5.47. The van der Waals surface area contributed by atoms with Crippen LogP contribution in [0.3, 0.4) is 0 Å². The van der Waals surface area contributed by atoms with E-state index in [0.717, 1.165) is 44.3 Å². The first-order chi connectivity index (χ1) is 13.5. The molecule has 2 fully saturated rings. The molecule has 3 aliphatic rings. The predicted octanol–water partition coefficient (Wildman–Crippen LogP) is 5.29. The summed E-state index contributed by atoms with van der Waals surface area (Å²) in [4.78, 5) is 12.8. The second-order valence-electron chi connectivity index (χ2n) is 9.88. The molecular formula is C25H36O3. The minimum atomic E-state index is -0.317. The molecule has 0 bridgehead atoms. The molecule has 0 amide bonds. The van der Waals surface area contributed by atoms with E-state index < -0.39 is 0 Å². The Morgan fingerprint density at radius 3 is 2.82 bits per heavy atom. The summed E-state index contributed by atoms with van der Waals surface area (Å²) in [5, 5.41) is 10.9. The first-order valence-corrected chi connectivity index (χ1v) is 11.3. The number of hydrogen-bond donors (Lipinski definition) is 1. The van der Waals surface area contributed by atoms with Gasteiger partial charge in [0, 0.05) is 5.41 Å². The fraction of sp³-hybridized carbons (Fsp3) is 0.720. The Morgan fingerprint density at radius 2 is 2.11 bits per heavy atom. The number of methoxy groups -OCH3 is 1. The van der Waals surface area contributed by atoms with Gasteiger partial charge in [0.25, 0.3) is 0 Å². The van der Waals surface area contributed by atoms with Gasteiger partial charge in [0.2, 0.25) is 0 Å². The minimum Gasteiger partial charge on any atom is -0.497 e. The van der Waals surface area contributed by atoms with Crippen molar-refractivity contribution in [3.63, 3.8) is 0 Å². The van der Waals surface area contributed by atoms with Crippen molar-refractivity contribution in [3.8, 4) is 5.75 Å². The van der Waals surface area contributed by atoms with Crippen molar-refractivity contribution < 1.29 is 14.6 Å². The number of benzene rings is 1. The van der Waals surface area contributed by atoms with Gasteiger partial charge in [0.1, 0.15) is 12.0 Å². The smallest absolute Gasteiger partial charge is 0.127 e. The number of hydrogen-bond acceptors (Lipinski definition) is 3. The zero-order valence-electron chi connectivity index (χ0n) is 17.7. The Hall–Kier alpha value is -1.35. The number of carbonyl (C=O) groups is 1. The molecule has 154 valence electrons. The first kappa shape index (κ1) is 19.9. The number of aliphatic hydroxyl groups is 1. The van der Waals surface area contributed by atoms with Gasteiger partial charge in [-0.2, -0.15) is 0 Å². The number of ether oxygens (including phenoxy) is 1. The Bertz CT molecular complexity index is 729. The van der Waals surface area contributed by atoms with Crippen molar-refractivity contribution in [1.82, 2.24) is 0 Å². The monoisotopic (exact) mass is 384 g/mol. The molecule has 0 heterocycles. The van der Waals surface area contributed by atoms with Crippen LogP contribution in [0.15, 0.2) is 18.2 Å². The van der Waals surface area contributed by atoms with Gasteiger partial charge in [-0.05, 0) is 85.0 Å². The van der Waals surface area contributed by atoms with Crippen molar-refractivity contribution in [2.75, 3.05) is 7.11 Å². The van der Waals surface area contributed by atoms with Crippen molar-refractivity contribution in [2.24, 2.45) is 22.7 Å². The summed E-state index contributed by atoms with van der Waals surface area (Å²) in [7, 11) is 1.72. The number of unbranched alkanes of at least 4 members (excludes halogenated alkanes) is 2. The highest BCUT2D eigenvalue weighted by molar-refractivity contribution is 5.66. The summed E-state index contributed by atoms with van der Waals surface area (Å²) in [6.45, 7) is 4.52. The molecule has 1 aromatic rings. The lowest BCUT2D eigenvalue weighted by atomic mass is 9.44. The fourth-order valence-corrected chi connectivity index (χ4v) is 7.31. The van der Waals surface area contributed by atoms with Crippen LogP contribution in [-0.2, 0) is 11.2 Å². The lowest BCUT2D eigenvalue weighted by molar-refractivity contribution is -0.140. The van der Waals surface area contributed by atoms with Gasteiger partial charge < -0.3 is 14.6 Å². The zero-order valence-corrected chi connectivity index (χ0v) is 17.7. The summed E-state index contributed by atoms with van der Waals surface area (Å²) in [5.74, 6) is 1.98. The number of aryl methyl sites for hydroxylation is 1. The summed E-state index contributed by atoms with van der Waals surface area (Å²) in [6, 6.07) is 6.49. The van der Waals surface area contributed by atoms with Gasteiger partial charge in [-0.3, -0.25) is 0 Å². The molecule has 4 rings (SSSR count). The van der Waals surface area contributed by atoms with Crippen LogP contribution in [0.25, 0.3) is 0 Å². The lowest BCUT2D eigenvalue weighted by Gasteiger charge is -2.59.